The number of aliphatic hydroxyl groups excluding tert-OH is 1. The van der Waals surface area contributed by atoms with Crippen LogP contribution in [0.5, 0.6) is 0 Å². The average molecular weight is 618 g/mol. The largest absolute Gasteiger partial charge is 0.404 e. The standard InChI is InChI=1S/C32H39N5O6Si/c1-19(2)27(39)35-30-34-26-23(28(40)36-30)33-18-37(26)29-24-25(38)32(43-29,20(3)42-24)17-41-44(31(4,5)6,21-13-9-7-10-14-21)22-15-11-8-12-16-22/h7-16,18-20,24-25,29,38H,17H2,1-6H3,(H2,34,35,36,39,40)/t20-,24-,25+,29-,32+/m1/s1. The minimum absolute atomic E-state index is 0.00525. The molecule has 2 aliphatic rings. The summed E-state index contributed by atoms with van der Waals surface area (Å²) in [4.78, 5) is 36.5. The van der Waals surface area contributed by atoms with E-state index in [2.05, 4.69) is 65.3 Å². The number of carbonyl (C=O) groups excluding carboxylic acids is 1. The van der Waals surface area contributed by atoms with E-state index in [1.54, 1.807) is 18.4 Å². The van der Waals surface area contributed by atoms with Gasteiger partial charge in [0.25, 0.3) is 13.9 Å². The van der Waals surface area contributed by atoms with Gasteiger partial charge in [-0.15, -0.1) is 0 Å². The van der Waals surface area contributed by atoms with E-state index in [9.17, 15) is 14.7 Å². The predicted molar refractivity (Wildman–Crippen MR) is 168 cm³/mol. The fourth-order valence-corrected chi connectivity index (χ4v) is 11.1. The second-order valence-corrected chi connectivity index (χ2v) is 17.3. The predicted octanol–water partition coefficient (Wildman–Crippen LogP) is 2.71. The van der Waals surface area contributed by atoms with Crippen LogP contribution in [0.1, 0.15) is 47.8 Å². The highest BCUT2D eigenvalue weighted by Crippen LogP contribution is 2.50. The summed E-state index contributed by atoms with van der Waals surface area (Å²) < 4.78 is 21.8. The highest BCUT2D eigenvalue weighted by Gasteiger charge is 2.67. The van der Waals surface area contributed by atoms with Crippen molar-refractivity contribution in [3.8, 4) is 0 Å². The molecule has 2 aromatic carbocycles. The molecular formula is C32H39N5O6Si. The smallest absolute Gasteiger partial charge is 0.280 e. The molecule has 0 saturated carbocycles. The number of aromatic nitrogens is 4. The number of rotatable bonds is 8. The van der Waals surface area contributed by atoms with Crippen molar-refractivity contribution in [2.75, 3.05) is 11.9 Å². The Bertz CT molecular complexity index is 1680. The van der Waals surface area contributed by atoms with Crippen molar-refractivity contribution in [3.05, 3.63) is 77.3 Å². The Balaban J connectivity index is 1.38. The first kappa shape index (κ1) is 30.3. The summed E-state index contributed by atoms with van der Waals surface area (Å²) in [6.45, 7) is 12.0. The van der Waals surface area contributed by atoms with Gasteiger partial charge in [-0.3, -0.25) is 24.5 Å². The van der Waals surface area contributed by atoms with Crippen molar-refractivity contribution in [1.82, 2.24) is 19.5 Å². The highest BCUT2D eigenvalue weighted by molar-refractivity contribution is 6.99. The molecule has 1 amide bonds. The number of carbonyl (C=O) groups is 1. The maximum Gasteiger partial charge on any atom is 0.280 e. The lowest BCUT2D eigenvalue weighted by Crippen LogP contribution is -2.68. The topological polar surface area (TPSA) is 141 Å². The number of imidazole rings is 1. The van der Waals surface area contributed by atoms with E-state index < -0.39 is 44.0 Å². The van der Waals surface area contributed by atoms with Crippen molar-refractivity contribution in [2.45, 2.75) is 76.7 Å². The summed E-state index contributed by atoms with van der Waals surface area (Å²) in [5.41, 5.74) is -1.42. The van der Waals surface area contributed by atoms with Gasteiger partial charge >= 0.3 is 0 Å². The number of aromatic amines is 1. The number of hydrogen-bond acceptors (Lipinski definition) is 8. The molecule has 3 N–H and O–H groups in total. The van der Waals surface area contributed by atoms with Crippen LogP contribution in [0.2, 0.25) is 5.04 Å². The highest BCUT2D eigenvalue weighted by atomic mass is 28.4. The van der Waals surface area contributed by atoms with E-state index in [4.69, 9.17) is 13.9 Å². The van der Waals surface area contributed by atoms with Crippen molar-refractivity contribution < 1.29 is 23.8 Å². The van der Waals surface area contributed by atoms with Crippen LogP contribution in [0.25, 0.3) is 11.2 Å². The molecule has 4 aromatic rings. The molecule has 12 heteroatoms. The lowest BCUT2D eigenvalue weighted by atomic mass is 9.94. The number of aliphatic hydroxyl groups is 1. The van der Waals surface area contributed by atoms with Gasteiger partial charge in [-0.2, -0.15) is 4.98 Å². The Hall–Kier alpha value is -3.68. The molecule has 6 rings (SSSR count). The number of nitrogens with one attached hydrogen (secondary N) is 2. The van der Waals surface area contributed by atoms with E-state index in [1.165, 1.54) is 6.33 Å². The second-order valence-electron chi connectivity index (χ2n) is 13.0. The molecule has 2 saturated heterocycles. The van der Waals surface area contributed by atoms with Crippen molar-refractivity contribution in [2.24, 2.45) is 5.92 Å². The summed E-state index contributed by atoms with van der Waals surface area (Å²) in [5.74, 6) is -0.595. The molecule has 2 bridgehead atoms. The van der Waals surface area contributed by atoms with Crippen molar-refractivity contribution >= 4 is 41.7 Å². The summed E-state index contributed by atoms with van der Waals surface area (Å²) in [5, 5.41) is 16.3. The number of anilines is 1. The van der Waals surface area contributed by atoms with Gasteiger partial charge in [-0.25, -0.2) is 4.98 Å². The van der Waals surface area contributed by atoms with Crippen LogP contribution in [-0.4, -0.2) is 69.4 Å². The summed E-state index contributed by atoms with van der Waals surface area (Å²) in [6, 6.07) is 20.6. The summed E-state index contributed by atoms with van der Waals surface area (Å²) in [7, 11) is -2.96. The zero-order chi connectivity index (χ0) is 31.4. The fraction of sp³-hybridized carbons (Fsp3) is 0.438. The number of fused-ring (bicyclic) bond motifs is 3. The Kier molecular flexibility index (Phi) is 7.61. The van der Waals surface area contributed by atoms with Gasteiger partial charge in [-0.05, 0) is 22.3 Å². The zero-order valence-corrected chi connectivity index (χ0v) is 26.8. The van der Waals surface area contributed by atoms with Crippen LogP contribution in [0.3, 0.4) is 0 Å². The van der Waals surface area contributed by atoms with Crippen LogP contribution in [0.4, 0.5) is 5.95 Å². The van der Waals surface area contributed by atoms with Gasteiger partial charge in [-0.1, -0.05) is 95.3 Å². The Morgan fingerprint density at radius 2 is 1.75 bits per heavy atom. The molecule has 2 aliphatic heterocycles. The van der Waals surface area contributed by atoms with Gasteiger partial charge in [0, 0.05) is 5.92 Å². The van der Waals surface area contributed by atoms with Crippen LogP contribution in [-0.2, 0) is 18.7 Å². The minimum Gasteiger partial charge on any atom is -0.404 e. The Morgan fingerprint density at radius 3 is 2.32 bits per heavy atom. The van der Waals surface area contributed by atoms with E-state index in [0.717, 1.165) is 10.4 Å². The number of hydrogen-bond donors (Lipinski definition) is 3. The molecule has 0 radical (unpaired) electrons. The SMILES string of the molecule is CC(C)C(=O)Nc1nc2c(ncn2[C@@H]2O[C@@]3(CO[Si](c4ccccc4)(c4ccccc4)C(C)(C)C)[C@@H](C)O[C@@H]2[C@@H]3O)c(=O)[nH]1. The lowest BCUT2D eigenvalue weighted by Gasteiger charge is -2.45. The fourth-order valence-electron chi connectivity index (χ4n) is 6.49. The quantitative estimate of drug-likeness (QED) is 0.257. The van der Waals surface area contributed by atoms with Gasteiger partial charge < -0.3 is 19.0 Å². The zero-order valence-electron chi connectivity index (χ0n) is 25.8. The second kappa shape index (κ2) is 11.0. The third-order valence-corrected chi connectivity index (χ3v) is 13.9. The van der Waals surface area contributed by atoms with Gasteiger partial charge in [0.1, 0.15) is 17.8 Å². The first-order valence-corrected chi connectivity index (χ1v) is 16.8. The van der Waals surface area contributed by atoms with Crippen LogP contribution >= 0.6 is 0 Å². The number of ether oxygens (including phenoxy) is 2. The number of benzene rings is 2. The Morgan fingerprint density at radius 1 is 1.14 bits per heavy atom. The monoisotopic (exact) mass is 617 g/mol. The van der Waals surface area contributed by atoms with E-state index in [1.807, 2.05) is 43.3 Å². The van der Waals surface area contributed by atoms with E-state index >= 15 is 0 Å². The molecule has 5 atom stereocenters. The van der Waals surface area contributed by atoms with Crippen molar-refractivity contribution in [1.29, 1.82) is 0 Å². The number of nitrogens with zero attached hydrogens (tertiary/aromatic N) is 3. The first-order chi connectivity index (χ1) is 20.9. The number of amides is 1. The van der Waals surface area contributed by atoms with Crippen LogP contribution in [0.15, 0.2) is 71.8 Å². The minimum atomic E-state index is -2.96. The molecule has 11 nitrogen and oxygen atoms in total. The summed E-state index contributed by atoms with van der Waals surface area (Å²) >= 11 is 0. The number of H-pyrrole nitrogens is 1. The molecular weight excluding hydrogens is 578 g/mol. The molecule has 4 heterocycles. The maximum absolute atomic E-state index is 12.8. The molecule has 44 heavy (non-hydrogen) atoms. The van der Waals surface area contributed by atoms with Gasteiger partial charge in [0.15, 0.2) is 17.4 Å². The summed E-state index contributed by atoms with van der Waals surface area (Å²) in [6.07, 6.45) is -1.66. The molecule has 232 valence electrons. The Labute approximate surface area is 256 Å². The third-order valence-electron chi connectivity index (χ3n) is 8.89. The third kappa shape index (κ3) is 4.72. The molecule has 0 unspecified atom stereocenters. The average Bonchev–Trinajstić information content (AvgIpc) is 3.61. The molecule has 2 aromatic heterocycles. The molecule has 0 aliphatic carbocycles. The molecule has 2 fully saturated rings. The van der Waals surface area contributed by atoms with Crippen LogP contribution in [0, 0.1) is 5.92 Å². The maximum atomic E-state index is 12.8. The van der Waals surface area contributed by atoms with Crippen LogP contribution < -0.4 is 21.2 Å². The van der Waals surface area contributed by atoms with E-state index in [-0.39, 0.29) is 40.6 Å². The molecule has 0 spiro atoms. The first-order valence-electron chi connectivity index (χ1n) is 14.9. The van der Waals surface area contributed by atoms with Crippen molar-refractivity contribution in [3.63, 3.8) is 0 Å². The van der Waals surface area contributed by atoms with Gasteiger partial charge in [0.05, 0.1) is 19.0 Å². The van der Waals surface area contributed by atoms with E-state index in [0.29, 0.717) is 0 Å². The lowest BCUT2D eigenvalue weighted by molar-refractivity contribution is -0.214. The van der Waals surface area contributed by atoms with Gasteiger partial charge in [0.2, 0.25) is 11.9 Å². The normalized spacial score (nSPS) is 25.2.